The van der Waals surface area contributed by atoms with Crippen molar-refractivity contribution >= 4 is 45.1 Å². The second-order valence-electron chi connectivity index (χ2n) is 3.84. The van der Waals surface area contributed by atoms with Gasteiger partial charge in [-0.25, -0.2) is 0 Å². The zero-order chi connectivity index (χ0) is 11.8. The molecule has 0 radical (unpaired) electrons. The number of aromatic nitrogens is 1. The minimum Gasteiger partial charge on any atom is -0.349 e. The van der Waals surface area contributed by atoms with Crippen molar-refractivity contribution in [1.29, 1.82) is 0 Å². The zero-order valence-corrected chi connectivity index (χ0v) is 11.8. The number of aromatic amines is 1. The molecule has 0 aliphatic heterocycles. The summed E-state index contributed by atoms with van der Waals surface area (Å²) in [4.78, 5) is 3.37. The van der Waals surface area contributed by atoms with E-state index in [4.69, 9.17) is 11.6 Å². The molecule has 1 heterocycles. The number of H-pyrrole nitrogens is 1. The van der Waals surface area contributed by atoms with E-state index < -0.39 is 0 Å². The highest BCUT2D eigenvalue weighted by Gasteiger charge is 2.13. The molecule has 0 unspecified atom stereocenters. The second-order valence-corrected chi connectivity index (χ2v) is 5.33. The van der Waals surface area contributed by atoms with Crippen LogP contribution in [0.5, 0.6) is 0 Å². The molecule has 0 aliphatic carbocycles. The summed E-state index contributed by atoms with van der Waals surface area (Å²) in [5.41, 5.74) is 3.46. The van der Waals surface area contributed by atoms with E-state index in [1.165, 1.54) is 11.1 Å². The first-order chi connectivity index (χ1) is 8.27. The van der Waals surface area contributed by atoms with E-state index in [0.717, 1.165) is 19.6 Å². The molecule has 0 spiro atoms. The van der Waals surface area contributed by atoms with E-state index in [2.05, 4.69) is 45.8 Å². The normalized spacial score (nSPS) is 10.9. The first-order valence-corrected chi connectivity index (χ1v) is 6.74. The van der Waals surface area contributed by atoms with Crippen LogP contribution in [0.2, 0.25) is 5.02 Å². The third kappa shape index (κ3) is 1.85. The minimum absolute atomic E-state index is 0.792. The maximum absolute atomic E-state index is 6.30. The number of fused-ring (bicyclic) bond motifs is 1. The van der Waals surface area contributed by atoms with Crippen molar-refractivity contribution < 1.29 is 0 Å². The number of hydrogen-bond acceptors (Lipinski definition) is 0. The molecule has 3 heteroatoms. The summed E-state index contributed by atoms with van der Waals surface area (Å²) in [5.74, 6) is 0. The van der Waals surface area contributed by atoms with Crippen molar-refractivity contribution in [3.63, 3.8) is 0 Å². The molecule has 0 fully saturated rings. The number of nitrogens with one attached hydrogen (secondary N) is 1. The van der Waals surface area contributed by atoms with Crippen molar-refractivity contribution in [3.05, 3.63) is 57.3 Å². The molecule has 0 aliphatic rings. The zero-order valence-electron chi connectivity index (χ0n) is 8.87. The molecule has 1 N–H and O–H groups in total. The molecule has 0 amide bonds. The van der Waals surface area contributed by atoms with Gasteiger partial charge in [0, 0.05) is 16.5 Å². The lowest BCUT2D eigenvalue weighted by Gasteiger charge is -2.01. The first kappa shape index (κ1) is 11.1. The summed E-state index contributed by atoms with van der Waals surface area (Å²) >= 11 is 8.62. The molecule has 1 aromatic heterocycles. The summed E-state index contributed by atoms with van der Waals surface area (Å²) in [6, 6.07) is 16.3. The molecule has 17 heavy (non-hydrogen) atoms. The van der Waals surface area contributed by atoms with Crippen molar-refractivity contribution in [2.24, 2.45) is 0 Å². The lowest BCUT2D eigenvalue weighted by molar-refractivity contribution is 1.41. The van der Waals surface area contributed by atoms with Crippen molar-refractivity contribution in [2.75, 3.05) is 0 Å². The van der Waals surface area contributed by atoms with Gasteiger partial charge in [-0.05, 0) is 40.3 Å². The van der Waals surface area contributed by atoms with Crippen LogP contribution in [0.15, 0.2) is 48.5 Å². The van der Waals surface area contributed by atoms with E-state index in [9.17, 15) is 0 Å². The van der Waals surface area contributed by atoms with E-state index >= 15 is 0 Å². The molecular weight excluding hydrogens is 345 g/mol. The SMILES string of the molecule is Clc1cccc2[nH]c(I)c(-c3ccccc3)c12. The van der Waals surface area contributed by atoms with Crippen molar-refractivity contribution in [3.8, 4) is 11.1 Å². The Hall–Kier alpha value is -1.00. The van der Waals surface area contributed by atoms with Crippen LogP contribution in [0, 0.1) is 3.70 Å². The highest BCUT2D eigenvalue weighted by atomic mass is 127. The van der Waals surface area contributed by atoms with Gasteiger partial charge >= 0.3 is 0 Å². The lowest BCUT2D eigenvalue weighted by Crippen LogP contribution is -1.78. The lowest BCUT2D eigenvalue weighted by atomic mass is 10.1. The first-order valence-electron chi connectivity index (χ1n) is 5.28. The van der Waals surface area contributed by atoms with Gasteiger partial charge in [0.2, 0.25) is 0 Å². The number of halogens is 2. The molecule has 0 saturated carbocycles. The fraction of sp³-hybridized carbons (Fsp3) is 0. The van der Waals surface area contributed by atoms with Gasteiger partial charge in [-0.15, -0.1) is 0 Å². The third-order valence-corrected chi connectivity index (χ3v) is 3.91. The van der Waals surface area contributed by atoms with E-state index in [1.54, 1.807) is 0 Å². The maximum Gasteiger partial charge on any atom is 0.0862 e. The van der Waals surface area contributed by atoms with Crippen LogP contribution in [0.4, 0.5) is 0 Å². The minimum atomic E-state index is 0.792. The Morgan fingerprint density at radius 3 is 2.47 bits per heavy atom. The summed E-state index contributed by atoms with van der Waals surface area (Å²) in [7, 11) is 0. The standard InChI is InChI=1S/C14H9ClIN/c15-10-7-4-8-11-13(10)12(14(16)17-11)9-5-2-1-3-6-9/h1-8,17H. The molecule has 0 saturated heterocycles. The fourth-order valence-electron chi connectivity index (χ4n) is 2.05. The topological polar surface area (TPSA) is 15.8 Å². The molecule has 0 bridgehead atoms. The van der Waals surface area contributed by atoms with E-state index in [-0.39, 0.29) is 0 Å². The Morgan fingerprint density at radius 1 is 0.941 bits per heavy atom. The van der Waals surface area contributed by atoms with Gasteiger partial charge in [-0.1, -0.05) is 48.0 Å². The summed E-state index contributed by atoms with van der Waals surface area (Å²) < 4.78 is 1.12. The summed E-state index contributed by atoms with van der Waals surface area (Å²) in [5, 5.41) is 1.89. The van der Waals surface area contributed by atoms with Crippen LogP contribution in [0.3, 0.4) is 0 Å². The third-order valence-electron chi connectivity index (χ3n) is 2.79. The van der Waals surface area contributed by atoms with Crippen LogP contribution in [-0.4, -0.2) is 4.98 Å². The van der Waals surface area contributed by atoms with E-state index in [1.807, 2.05) is 30.3 Å². The molecule has 2 aromatic carbocycles. The Kier molecular flexibility index (Phi) is 2.84. The quantitative estimate of drug-likeness (QED) is 0.586. The predicted molar refractivity (Wildman–Crippen MR) is 81.5 cm³/mol. The van der Waals surface area contributed by atoms with Crippen molar-refractivity contribution in [1.82, 2.24) is 4.98 Å². The van der Waals surface area contributed by atoms with Gasteiger partial charge in [0.05, 0.1) is 8.72 Å². The molecule has 0 atom stereocenters. The average molecular weight is 354 g/mol. The van der Waals surface area contributed by atoms with Gasteiger partial charge in [0.1, 0.15) is 0 Å². The molecule has 3 aromatic rings. The number of hydrogen-bond donors (Lipinski definition) is 1. The highest BCUT2D eigenvalue weighted by Crippen LogP contribution is 2.37. The number of benzene rings is 2. The van der Waals surface area contributed by atoms with Gasteiger partial charge in [0.15, 0.2) is 0 Å². The summed E-state index contributed by atoms with van der Waals surface area (Å²) in [6.07, 6.45) is 0. The molecule has 1 nitrogen and oxygen atoms in total. The second kappa shape index (κ2) is 4.35. The predicted octanol–water partition coefficient (Wildman–Crippen LogP) is 5.09. The Balaban J connectivity index is 2.40. The van der Waals surface area contributed by atoms with Crippen LogP contribution < -0.4 is 0 Å². The maximum atomic E-state index is 6.30. The highest BCUT2D eigenvalue weighted by molar-refractivity contribution is 14.1. The van der Waals surface area contributed by atoms with Gasteiger partial charge in [0.25, 0.3) is 0 Å². The Bertz CT molecular complexity index is 673. The Labute approximate surface area is 118 Å². The summed E-state index contributed by atoms with van der Waals surface area (Å²) in [6.45, 7) is 0. The van der Waals surface area contributed by atoms with Crippen LogP contribution in [0.1, 0.15) is 0 Å². The monoisotopic (exact) mass is 353 g/mol. The number of rotatable bonds is 1. The van der Waals surface area contributed by atoms with Gasteiger partial charge < -0.3 is 4.98 Å². The van der Waals surface area contributed by atoms with Crippen molar-refractivity contribution in [2.45, 2.75) is 0 Å². The average Bonchev–Trinajstić information content (AvgIpc) is 2.68. The molecular formula is C14H9ClIN. The smallest absolute Gasteiger partial charge is 0.0862 e. The Morgan fingerprint density at radius 2 is 1.71 bits per heavy atom. The largest absolute Gasteiger partial charge is 0.349 e. The van der Waals surface area contributed by atoms with E-state index in [0.29, 0.717) is 0 Å². The van der Waals surface area contributed by atoms with Crippen LogP contribution in [0.25, 0.3) is 22.0 Å². The van der Waals surface area contributed by atoms with Gasteiger partial charge in [-0.3, -0.25) is 0 Å². The molecule has 3 rings (SSSR count). The van der Waals surface area contributed by atoms with Crippen LogP contribution >= 0.6 is 34.2 Å². The fourth-order valence-corrected chi connectivity index (χ4v) is 3.19. The van der Waals surface area contributed by atoms with Crippen LogP contribution in [-0.2, 0) is 0 Å². The van der Waals surface area contributed by atoms with Gasteiger partial charge in [-0.2, -0.15) is 0 Å². The molecule has 84 valence electrons.